The molecule has 11 heteroatoms. The molecule has 1 atom stereocenters. The SMILES string of the molecule is CCNC(=O)C(CC)N(Cc1ccccc1Cl)C(=O)CN(c1ccc(OC)c(Cl)c1)S(=O)(=O)c1ccc(C)cc1. The second-order valence-corrected chi connectivity index (χ2v) is 11.8. The highest BCUT2D eigenvalue weighted by Crippen LogP contribution is 2.32. The molecule has 40 heavy (non-hydrogen) atoms. The van der Waals surface area contributed by atoms with E-state index >= 15 is 0 Å². The quantitative estimate of drug-likeness (QED) is 0.296. The molecule has 3 rings (SSSR count). The van der Waals surface area contributed by atoms with E-state index in [1.54, 1.807) is 50.2 Å². The normalized spacial score (nSPS) is 11.9. The summed E-state index contributed by atoms with van der Waals surface area (Å²) in [5.74, 6) is -0.571. The molecule has 0 radical (unpaired) electrons. The Labute approximate surface area is 245 Å². The number of hydrogen-bond donors (Lipinski definition) is 1. The third-order valence-corrected chi connectivity index (χ3v) is 8.80. The maximum absolute atomic E-state index is 14.0. The monoisotopic (exact) mass is 605 g/mol. The van der Waals surface area contributed by atoms with Crippen molar-refractivity contribution in [2.24, 2.45) is 0 Å². The maximum atomic E-state index is 14.0. The highest BCUT2D eigenvalue weighted by Gasteiger charge is 2.34. The first-order chi connectivity index (χ1) is 19.0. The van der Waals surface area contributed by atoms with E-state index in [2.05, 4.69) is 5.32 Å². The smallest absolute Gasteiger partial charge is 0.264 e. The molecule has 0 aromatic heterocycles. The van der Waals surface area contributed by atoms with Crippen LogP contribution >= 0.6 is 23.2 Å². The molecule has 1 N–H and O–H groups in total. The molecule has 2 amide bonds. The van der Waals surface area contributed by atoms with E-state index in [9.17, 15) is 18.0 Å². The number of amides is 2. The van der Waals surface area contributed by atoms with Crippen molar-refractivity contribution >= 4 is 50.7 Å². The summed E-state index contributed by atoms with van der Waals surface area (Å²) in [4.78, 5) is 28.4. The molecule has 8 nitrogen and oxygen atoms in total. The predicted octanol–water partition coefficient (Wildman–Crippen LogP) is 5.45. The number of aryl methyl sites for hydroxylation is 1. The number of hydrogen-bond acceptors (Lipinski definition) is 5. The van der Waals surface area contributed by atoms with Crippen LogP contribution in [0.25, 0.3) is 0 Å². The number of halogens is 2. The molecule has 0 aliphatic rings. The summed E-state index contributed by atoms with van der Waals surface area (Å²) >= 11 is 12.8. The molecule has 0 saturated heterocycles. The van der Waals surface area contributed by atoms with Crippen molar-refractivity contribution in [3.8, 4) is 5.75 Å². The summed E-state index contributed by atoms with van der Waals surface area (Å²) in [6.45, 7) is 5.22. The fourth-order valence-corrected chi connectivity index (χ4v) is 6.05. The molecule has 0 fully saturated rings. The number of sulfonamides is 1. The topological polar surface area (TPSA) is 96.0 Å². The highest BCUT2D eigenvalue weighted by molar-refractivity contribution is 7.92. The Hall–Kier alpha value is -3.27. The van der Waals surface area contributed by atoms with Crippen molar-refractivity contribution in [3.05, 3.63) is 87.9 Å². The fraction of sp³-hybridized carbons (Fsp3) is 0.310. The van der Waals surface area contributed by atoms with Crippen LogP contribution in [0.3, 0.4) is 0 Å². The average molecular weight is 607 g/mol. The Kier molecular flexibility index (Phi) is 10.8. The lowest BCUT2D eigenvalue weighted by molar-refractivity contribution is -0.140. The second kappa shape index (κ2) is 13.9. The van der Waals surface area contributed by atoms with Gasteiger partial charge in [0.25, 0.3) is 10.0 Å². The first-order valence-electron chi connectivity index (χ1n) is 12.8. The van der Waals surface area contributed by atoms with Gasteiger partial charge < -0.3 is 15.0 Å². The highest BCUT2D eigenvalue weighted by atomic mass is 35.5. The lowest BCUT2D eigenvalue weighted by Crippen LogP contribution is -2.52. The van der Waals surface area contributed by atoms with Gasteiger partial charge in [-0.3, -0.25) is 13.9 Å². The minimum absolute atomic E-state index is 0.00580. The minimum atomic E-state index is -4.22. The summed E-state index contributed by atoms with van der Waals surface area (Å²) < 4.78 is 34.1. The lowest BCUT2D eigenvalue weighted by Gasteiger charge is -2.33. The molecular formula is C29H33Cl2N3O5S. The molecule has 3 aromatic rings. The van der Waals surface area contributed by atoms with Crippen LogP contribution in [0, 0.1) is 6.92 Å². The maximum Gasteiger partial charge on any atom is 0.264 e. The number of carbonyl (C=O) groups is 2. The second-order valence-electron chi connectivity index (χ2n) is 9.08. The van der Waals surface area contributed by atoms with Gasteiger partial charge >= 0.3 is 0 Å². The molecule has 0 aliphatic carbocycles. The summed E-state index contributed by atoms with van der Waals surface area (Å²) in [6.07, 6.45) is 0.307. The summed E-state index contributed by atoms with van der Waals surface area (Å²) in [5.41, 5.74) is 1.68. The van der Waals surface area contributed by atoms with Crippen molar-refractivity contribution in [2.75, 3.05) is 24.5 Å². The number of ether oxygens (including phenoxy) is 1. The molecule has 0 aliphatic heterocycles. The Morgan fingerprint density at radius 2 is 1.65 bits per heavy atom. The van der Waals surface area contributed by atoms with Crippen molar-refractivity contribution in [1.29, 1.82) is 0 Å². The summed E-state index contributed by atoms with van der Waals surface area (Å²) in [6, 6.07) is 17.0. The number of benzene rings is 3. The van der Waals surface area contributed by atoms with Crippen molar-refractivity contribution in [2.45, 2.75) is 44.7 Å². The largest absolute Gasteiger partial charge is 0.495 e. The standard InChI is InChI=1S/C29H33Cl2N3O5S/c1-5-26(29(36)32-6-2)33(18-21-9-7-8-10-24(21)30)28(35)19-34(22-13-16-27(39-4)25(31)17-22)40(37,38)23-14-11-20(3)12-15-23/h7-17,26H,5-6,18-19H2,1-4H3,(H,32,36). The molecular weight excluding hydrogens is 573 g/mol. The Morgan fingerprint density at radius 1 is 0.975 bits per heavy atom. The van der Waals surface area contributed by atoms with Crippen molar-refractivity contribution in [1.82, 2.24) is 10.2 Å². The van der Waals surface area contributed by atoms with Crippen LogP contribution < -0.4 is 14.4 Å². The van der Waals surface area contributed by atoms with Crippen molar-refractivity contribution < 1.29 is 22.7 Å². The van der Waals surface area contributed by atoms with E-state index in [1.807, 2.05) is 6.92 Å². The molecule has 3 aromatic carbocycles. The van der Waals surface area contributed by atoms with Crippen LogP contribution in [0.1, 0.15) is 31.4 Å². The molecule has 0 bridgehead atoms. The van der Waals surface area contributed by atoms with E-state index in [4.69, 9.17) is 27.9 Å². The van der Waals surface area contributed by atoms with E-state index in [0.29, 0.717) is 29.3 Å². The lowest BCUT2D eigenvalue weighted by atomic mass is 10.1. The van der Waals surface area contributed by atoms with Gasteiger partial charge in [-0.1, -0.05) is 66.0 Å². The number of methoxy groups -OCH3 is 1. The third kappa shape index (κ3) is 7.27. The Morgan fingerprint density at radius 3 is 2.23 bits per heavy atom. The molecule has 0 saturated carbocycles. The van der Waals surface area contributed by atoms with Gasteiger partial charge in [0.05, 0.1) is 22.7 Å². The molecule has 0 heterocycles. The van der Waals surface area contributed by atoms with Gasteiger partial charge in [0.1, 0.15) is 18.3 Å². The molecule has 0 spiro atoms. The zero-order valence-electron chi connectivity index (χ0n) is 22.9. The van der Waals surface area contributed by atoms with Crippen LogP contribution in [-0.4, -0.2) is 51.4 Å². The number of anilines is 1. The van der Waals surface area contributed by atoms with Crippen molar-refractivity contribution in [3.63, 3.8) is 0 Å². The average Bonchev–Trinajstić information content (AvgIpc) is 2.92. The number of rotatable bonds is 12. The first-order valence-corrected chi connectivity index (χ1v) is 15.0. The first kappa shape index (κ1) is 31.3. The number of carbonyl (C=O) groups excluding carboxylic acids is 2. The van der Waals surface area contributed by atoms with Crippen LogP contribution in [0.15, 0.2) is 71.6 Å². The zero-order chi connectivity index (χ0) is 29.4. The van der Waals surface area contributed by atoms with Gasteiger partial charge in [0.2, 0.25) is 11.8 Å². The van der Waals surface area contributed by atoms with Gasteiger partial charge in [-0.05, 0) is 62.2 Å². The van der Waals surface area contributed by atoms with E-state index in [1.165, 1.54) is 42.3 Å². The third-order valence-electron chi connectivity index (χ3n) is 6.35. The van der Waals surface area contributed by atoms with Crippen LogP contribution in [0.5, 0.6) is 5.75 Å². The zero-order valence-corrected chi connectivity index (χ0v) is 25.2. The van der Waals surface area contributed by atoms with Gasteiger partial charge in [0.15, 0.2) is 0 Å². The van der Waals surface area contributed by atoms with Gasteiger partial charge in [-0.15, -0.1) is 0 Å². The van der Waals surface area contributed by atoms with E-state index in [-0.39, 0.29) is 28.1 Å². The van der Waals surface area contributed by atoms with Crippen LogP contribution in [0.4, 0.5) is 5.69 Å². The summed E-state index contributed by atoms with van der Waals surface area (Å²) in [5, 5.41) is 3.38. The summed E-state index contributed by atoms with van der Waals surface area (Å²) in [7, 11) is -2.77. The fourth-order valence-electron chi connectivity index (χ4n) is 4.20. The van der Waals surface area contributed by atoms with Crippen LogP contribution in [-0.2, 0) is 26.2 Å². The Bertz CT molecular complexity index is 1450. The van der Waals surface area contributed by atoms with Crippen LogP contribution in [0.2, 0.25) is 10.0 Å². The van der Waals surface area contributed by atoms with Gasteiger partial charge in [-0.25, -0.2) is 8.42 Å². The van der Waals surface area contributed by atoms with Gasteiger partial charge in [-0.2, -0.15) is 0 Å². The minimum Gasteiger partial charge on any atom is -0.495 e. The molecule has 1 unspecified atom stereocenters. The number of nitrogens with zero attached hydrogens (tertiary/aromatic N) is 2. The number of nitrogens with one attached hydrogen (secondary N) is 1. The number of likely N-dealkylation sites (N-methyl/N-ethyl adjacent to an activating group) is 1. The Balaban J connectivity index is 2.11. The molecule has 214 valence electrons. The van der Waals surface area contributed by atoms with Gasteiger partial charge in [0, 0.05) is 18.1 Å². The predicted molar refractivity (Wildman–Crippen MR) is 158 cm³/mol. The van der Waals surface area contributed by atoms with E-state index < -0.39 is 28.5 Å². The van der Waals surface area contributed by atoms with E-state index in [0.717, 1.165) is 9.87 Å².